The van der Waals surface area contributed by atoms with E-state index in [1.54, 1.807) is 6.20 Å². The number of H-pyrrole nitrogens is 1. The van der Waals surface area contributed by atoms with Gasteiger partial charge in [-0.05, 0) is 42.6 Å². The number of nitrogens with one attached hydrogen (secondary N) is 1. The summed E-state index contributed by atoms with van der Waals surface area (Å²) in [6.07, 6.45) is 5.59. The molecule has 0 fully saturated rings. The Bertz CT molecular complexity index is 641. The Morgan fingerprint density at radius 1 is 1.33 bits per heavy atom. The van der Waals surface area contributed by atoms with Crippen molar-refractivity contribution in [3.8, 4) is 0 Å². The van der Waals surface area contributed by atoms with Crippen molar-refractivity contribution in [2.24, 2.45) is 0 Å². The van der Waals surface area contributed by atoms with Gasteiger partial charge in [-0.25, -0.2) is 0 Å². The Morgan fingerprint density at radius 3 is 2.89 bits per heavy atom. The van der Waals surface area contributed by atoms with E-state index in [0.29, 0.717) is 16.5 Å². The van der Waals surface area contributed by atoms with Gasteiger partial charge in [0.15, 0.2) is 11.1 Å². The van der Waals surface area contributed by atoms with Crippen LogP contribution in [0.5, 0.6) is 0 Å². The Labute approximate surface area is 110 Å². The molecule has 1 N–H and O–H groups in total. The fraction of sp³-hybridized carbons (Fsp3) is 0.286. The minimum Gasteiger partial charge on any atom is -0.337 e. The van der Waals surface area contributed by atoms with Crippen molar-refractivity contribution in [3.05, 3.63) is 52.1 Å². The zero-order chi connectivity index (χ0) is 12.5. The predicted molar refractivity (Wildman–Crippen MR) is 72.5 cm³/mol. The smallest absolute Gasteiger partial charge is 0.177 e. The lowest BCUT2D eigenvalue weighted by molar-refractivity contribution is 0.111. The lowest BCUT2D eigenvalue weighted by Crippen LogP contribution is -2.20. The first-order chi connectivity index (χ1) is 8.79. The molecule has 0 spiro atoms. The van der Waals surface area contributed by atoms with Crippen LogP contribution in [0.4, 0.5) is 0 Å². The number of carbonyl (C=O) groups is 1. The summed E-state index contributed by atoms with van der Waals surface area (Å²) in [6, 6.07) is 8.79. The molecular formula is C14H14N2OS. The van der Waals surface area contributed by atoms with E-state index in [2.05, 4.69) is 29.2 Å². The van der Waals surface area contributed by atoms with Gasteiger partial charge in [0.1, 0.15) is 0 Å². The molecular weight excluding hydrogens is 244 g/mol. The van der Waals surface area contributed by atoms with Gasteiger partial charge >= 0.3 is 0 Å². The second-order valence-electron chi connectivity index (χ2n) is 4.67. The second kappa shape index (κ2) is 4.53. The van der Waals surface area contributed by atoms with Crippen molar-refractivity contribution < 1.29 is 4.79 Å². The summed E-state index contributed by atoms with van der Waals surface area (Å²) < 4.78 is 2.60. The molecule has 0 aliphatic heterocycles. The van der Waals surface area contributed by atoms with E-state index in [-0.39, 0.29) is 0 Å². The molecule has 92 valence electrons. The van der Waals surface area contributed by atoms with Crippen LogP contribution >= 0.6 is 12.2 Å². The minimum absolute atomic E-state index is 0.291. The number of carbonyl (C=O) groups excluding carboxylic acids is 1. The number of aromatic nitrogens is 2. The van der Waals surface area contributed by atoms with Gasteiger partial charge in [0, 0.05) is 12.2 Å². The number of nitrogens with zero attached hydrogens (tertiary/aromatic N) is 1. The summed E-state index contributed by atoms with van der Waals surface area (Å²) in [5.74, 6) is 0. The molecule has 1 aromatic heterocycles. The van der Waals surface area contributed by atoms with Crippen LogP contribution < -0.4 is 0 Å². The van der Waals surface area contributed by atoms with E-state index in [4.69, 9.17) is 12.2 Å². The number of rotatable bonds is 2. The zero-order valence-corrected chi connectivity index (χ0v) is 10.7. The molecule has 4 heteroatoms. The molecule has 3 rings (SSSR count). The van der Waals surface area contributed by atoms with E-state index < -0.39 is 0 Å². The van der Waals surface area contributed by atoms with Crippen LogP contribution in [0.1, 0.15) is 34.1 Å². The lowest BCUT2D eigenvalue weighted by atomic mass is 9.88. The van der Waals surface area contributed by atoms with Crippen molar-refractivity contribution in [3.63, 3.8) is 0 Å². The van der Waals surface area contributed by atoms with Crippen molar-refractivity contribution >= 4 is 18.5 Å². The number of hydrogen-bond donors (Lipinski definition) is 1. The average molecular weight is 258 g/mol. The summed E-state index contributed by atoms with van der Waals surface area (Å²) in [5, 5.41) is 0. The summed E-state index contributed by atoms with van der Waals surface area (Å²) >= 11 is 5.27. The molecule has 3 nitrogen and oxygen atoms in total. The maximum absolute atomic E-state index is 11.0. The number of aromatic amines is 1. The maximum atomic E-state index is 11.0. The number of hydrogen-bond acceptors (Lipinski definition) is 2. The summed E-state index contributed by atoms with van der Waals surface area (Å²) in [7, 11) is 0. The number of imidazole rings is 1. The third kappa shape index (κ3) is 1.82. The highest BCUT2D eigenvalue weighted by Gasteiger charge is 2.21. The normalized spacial score (nSPS) is 18.3. The fourth-order valence-electron chi connectivity index (χ4n) is 2.76. The number of fused-ring (bicyclic) bond motifs is 1. The fourth-order valence-corrected chi connectivity index (χ4v) is 3.07. The molecule has 1 atom stereocenters. The molecule has 1 unspecified atom stereocenters. The first-order valence-electron chi connectivity index (χ1n) is 6.11. The molecule has 0 amide bonds. The van der Waals surface area contributed by atoms with Gasteiger partial charge in [-0.1, -0.05) is 24.3 Å². The summed E-state index contributed by atoms with van der Waals surface area (Å²) in [4.78, 5) is 14.0. The lowest BCUT2D eigenvalue weighted by Gasteiger charge is -2.26. The highest BCUT2D eigenvalue weighted by molar-refractivity contribution is 7.71. The van der Waals surface area contributed by atoms with Crippen molar-refractivity contribution in [2.75, 3.05) is 0 Å². The van der Waals surface area contributed by atoms with Crippen molar-refractivity contribution in [1.29, 1.82) is 0 Å². The molecule has 1 aliphatic carbocycles. The topological polar surface area (TPSA) is 37.8 Å². The minimum atomic E-state index is 0.291. The molecule has 18 heavy (non-hydrogen) atoms. The van der Waals surface area contributed by atoms with Gasteiger partial charge in [0.05, 0.1) is 5.69 Å². The SMILES string of the molecule is O=Cc1c[nH]c(=S)n1C1CCc2ccccc2C1. The highest BCUT2D eigenvalue weighted by Crippen LogP contribution is 2.29. The van der Waals surface area contributed by atoms with E-state index in [0.717, 1.165) is 25.5 Å². The quantitative estimate of drug-likeness (QED) is 0.664. The number of aryl methyl sites for hydroxylation is 1. The Hall–Kier alpha value is -1.68. The molecule has 0 bridgehead atoms. The zero-order valence-electron chi connectivity index (χ0n) is 9.93. The average Bonchev–Trinajstić information content (AvgIpc) is 2.79. The second-order valence-corrected chi connectivity index (χ2v) is 5.06. The summed E-state index contributed by atoms with van der Waals surface area (Å²) in [5.41, 5.74) is 3.43. The van der Waals surface area contributed by atoms with Gasteiger partial charge in [-0.15, -0.1) is 0 Å². The summed E-state index contributed by atoms with van der Waals surface area (Å²) in [6.45, 7) is 0. The predicted octanol–water partition coefficient (Wildman–Crippen LogP) is 3.09. The third-order valence-corrected chi connectivity index (χ3v) is 3.96. The van der Waals surface area contributed by atoms with Crippen molar-refractivity contribution in [1.82, 2.24) is 9.55 Å². The first-order valence-corrected chi connectivity index (χ1v) is 6.52. The Kier molecular flexibility index (Phi) is 2.88. The van der Waals surface area contributed by atoms with E-state index in [9.17, 15) is 4.79 Å². The van der Waals surface area contributed by atoms with E-state index >= 15 is 0 Å². The van der Waals surface area contributed by atoms with Crippen LogP contribution in [-0.4, -0.2) is 15.8 Å². The molecule has 2 aromatic rings. The van der Waals surface area contributed by atoms with Crippen LogP contribution in [0.3, 0.4) is 0 Å². The molecule has 0 radical (unpaired) electrons. The van der Waals surface area contributed by atoms with Crippen LogP contribution in [-0.2, 0) is 12.8 Å². The van der Waals surface area contributed by atoms with Gasteiger partial charge in [0.25, 0.3) is 0 Å². The third-order valence-electron chi connectivity index (χ3n) is 3.65. The molecule has 0 saturated heterocycles. The Balaban J connectivity index is 1.99. The molecule has 1 heterocycles. The molecule has 1 aliphatic rings. The largest absolute Gasteiger partial charge is 0.337 e. The Morgan fingerprint density at radius 2 is 2.11 bits per heavy atom. The van der Waals surface area contributed by atoms with Crippen LogP contribution in [0.25, 0.3) is 0 Å². The molecule has 1 aromatic carbocycles. The van der Waals surface area contributed by atoms with Gasteiger partial charge in [-0.3, -0.25) is 4.79 Å². The van der Waals surface area contributed by atoms with E-state index in [1.807, 2.05) is 4.57 Å². The van der Waals surface area contributed by atoms with Gasteiger partial charge in [-0.2, -0.15) is 0 Å². The number of aldehydes is 1. The van der Waals surface area contributed by atoms with Gasteiger partial charge in [0.2, 0.25) is 0 Å². The maximum Gasteiger partial charge on any atom is 0.177 e. The van der Waals surface area contributed by atoms with Crippen LogP contribution in [0.15, 0.2) is 30.5 Å². The van der Waals surface area contributed by atoms with E-state index in [1.165, 1.54) is 11.1 Å². The monoisotopic (exact) mass is 258 g/mol. The molecule has 0 saturated carbocycles. The standard InChI is InChI=1S/C14H14N2OS/c17-9-13-8-15-14(18)16(13)12-6-5-10-3-1-2-4-11(10)7-12/h1-4,8-9,12H,5-7H2,(H,15,18). The number of benzene rings is 1. The highest BCUT2D eigenvalue weighted by atomic mass is 32.1. The van der Waals surface area contributed by atoms with Crippen molar-refractivity contribution in [2.45, 2.75) is 25.3 Å². The first kappa shape index (κ1) is 11.4. The van der Waals surface area contributed by atoms with Gasteiger partial charge < -0.3 is 9.55 Å². The van der Waals surface area contributed by atoms with Crippen LogP contribution in [0, 0.1) is 4.77 Å². The van der Waals surface area contributed by atoms with Crippen LogP contribution in [0.2, 0.25) is 0 Å².